The van der Waals surface area contributed by atoms with Gasteiger partial charge in [0, 0.05) is 38.8 Å². The van der Waals surface area contributed by atoms with Crippen LogP contribution >= 0.6 is 11.6 Å². The summed E-state index contributed by atoms with van der Waals surface area (Å²) >= 11 is 5.93. The number of nitrogen functional groups attached to an aromatic ring is 1. The number of aromatic nitrogens is 2. The number of anilines is 2. The Balaban J connectivity index is 1.54. The number of alkyl carbamates (subject to hydrolysis) is 1. The lowest BCUT2D eigenvalue weighted by atomic mass is 10.1. The van der Waals surface area contributed by atoms with Gasteiger partial charge in [0.15, 0.2) is 11.0 Å². The molecule has 158 valence electrons. The lowest BCUT2D eigenvalue weighted by molar-refractivity contribution is 0.0527. The highest BCUT2D eigenvalue weighted by Gasteiger charge is 2.19. The molecule has 0 unspecified atom stereocenters. The smallest absolute Gasteiger partial charge is 0.407 e. The molecule has 0 saturated carbocycles. The van der Waals surface area contributed by atoms with Crippen LogP contribution in [0.3, 0.4) is 0 Å². The summed E-state index contributed by atoms with van der Waals surface area (Å²) in [6, 6.07) is 1.78. The predicted octanol–water partition coefficient (Wildman–Crippen LogP) is 2.92. The molecule has 9 heteroatoms. The molecule has 0 bridgehead atoms. The van der Waals surface area contributed by atoms with E-state index in [1.54, 1.807) is 6.07 Å². The van der Waals surface area contributed by atoms with Crippen LogP contribution in [0.15, 0.2) is 6.07 Å². The van der Waals surface area contributed by atoms with Crippen LogP contribution < -0.4 is 16.0 Å². The fraction of sp³-hybridized carbons (Fsp3) is 0.737. The minimum Gasteiger partial charge on any atom is -0.444 e. The van der Waals surface area contributed by atoms with Crippen molar-refractivity contribution in [3.8, 4) is 0 Å². The zero-order chi connectivity index (χ0) is 20.6. The Morgan fingerprint density at radius 2 is 1.86 bits per heavy atom. The maximum absolute atomic E-state index is 11.6. The number of carbonyl (C=O) groups excluding carboxylic acids is 1. The van der Waals surface area contributed by atoms with E-state index >= 15 is 0 Å². The first-order chi connectivity index (χ1) is 13.2. The lowest BCUT2D eigenvalue weighted by Gasteiger charge is -2.36. The number of nitrogens with one attached hydrogen (secondary N) is 1. The molecule has 0 aromatic carbocycles. The van der Waals surface area contributed by atoms with E-state index in [4.69, 9.17) is 22.1 Å². The zero-order valence-electron chi connectivity index (χ0n) is 17.2. The van der Waals surface area contributed by atoms with Gasteiger partial charge in [-0.2, -0.15) is 0 Å². The summed E-state index contributed by atoms with van der Waals surface area (Å²) < 4.78 is 5.22. The first kappa shape index (κ1) is 22.5. The Morgan fingerprint density at radius 3 is 2.54 bits per heavy atom. The van der Waals surface area contributed by atoms with Gasteiger partial charge < -0.3 is 20.7 Å². The minimum atomic E-state index is -0.444. The van der Waals surface area contributed by atoms with Crippen molar-refractivity contribution in [3.05, 3.63) is 11.2 Å². The van der Waals surface area contributed by atoms with Crippen molar-refractivity contribution in [2.75, 3.05) is 49.9 Å². The van der Waals surface area contributed by atoms with Crippen LogP contribution in [0.1, 0.15) is 46.5 Å². The topological polar surface area (TPSA) is 96.6 Å². The van der Waals surface area contributed by atoms with Gasteiger partial charge in [-0.1, -0.05) is 24.4 Å². The van der Waals surface area contributed by atoms with Crippen LogP contribution in [0, 0.1) is 0 Å². The molecule has 0 atom stereocenters. The van der Waals surface area contributed by atoms with Gasteiger partial charge in [0.05, 0.1) is 5.69 Å². The van der Waals surface area contributed by atoms with Crippen molar-refractivity contribution < 1.29 is 9.53 Å². The number of halogens is 1. The van der Waals surface area contributed by atoms with Crippen LogP contribution in [-0.4, -0.2) is 66.1 Å². The highest BCUT2D eigenvalue weighted by atomic mass is 35.5. The second kappa shape index (κ2) is 10.7. The van der Waals surface area contributed by atoms with E-state index in [1.807, 2.05) is 20.8 Å². The average Bonchev–Trinajstić information content (AvgIpc) is 2.62. The third-order valence-electron chi connectivity index (χ3n) is 4.55. The Kier molecular flexibility index (Phi) is 8.57. The fourth-order valence-electron chi connectivity index (χ4n) is 3.15. The maximum Gasteiger partial charge on any atom is 0.407 e. The van der Waals surface area contributed by atoms with Crippen LogP contribution in [0.4, 0.5) is 16.3 Å². The SMILES string of the molecule is CC(C)(C)OC(=O)NCCCCCCN1CCN(c2cc(Cl)nnc2N)CC1. The summed E-state index contributed by atoms with van der Waals surface area (Å²) in [6.45, 7) is 11.2. The van der Waals surface area contributed by atoms with Crippen LogP contribution in [0.25, 0.3) is 0 Å². The van der Waals surface area contributed by atoms with Crippen molar-refractivity contribution in [2.24, 2.45) is 0 Å². The van der Waals surface area contributed by atoms with Gasteiger partial charge in [-0.3, -0.25) is 4.90 Å². The van der Waals surface area contributed by atoms with E-state index in [0.29, 0.717) is 17.5 Å². The molecule has 1 aliphatic rings. The van der Waals surface area contributed by atoms with Crippen molar-refractivity contribution >= 4 is 29.2 Å². The minimum absolute atomic E-state index is 0.336. The molecule has 0 aliphatic carbocycles. The normalized spacial score (nSPS) is 15.5. The molecule has 3 N–H and O–H groups in total. The number of rotatable bonds is 8. The Morgan fingerprint density at radius 1 is 1.18 bits per heavy atom. The number of piperazine rings is 1. The molecule has 1 aromatic heterocycles. The number of ether oxygens (including phenoxy) is 1. The molecule has 2 rings (SSSR count). The summed E-state index contributed by atoms with van der Waals surface area (Å²) in [5.41, 5.74) is 6.35. The number of hydrogen-bond donors (Lipinski definition) is 2. The van der Waals surface area contributed by atoms with E-state index in [1.165, 1.54) is 0 Å². The number of unbranched alkanes of at least 4 members (excludes halogenated alkanes) is 3. The van der Waals surface area contributed by atoms with Crippen LogP contribution in [-0.2, 0) is 4.74 Å². The van der Waals surface area contributed by atoms with Gasteiger partial charge in [-0.25, -0.2) is 4.79 Å². The van der Waals surface area contributed by atoms with Gasteiger partial charge in [0.1, 0.15) is 5.60 Å². The molecule has 1 fully saturated rings. The standard InChI is InChI=1S/C19H33ClN6O2/c1-19(2,3)28-18(27)22-8-6-4-5-7-9-25-10-12-26(13-11-25)15-14-16(20)23-24-17(15)21/h14H,4-13H2,1-3H3,(H2,21,24)(H,22,27). The first-order valence-electron chi connectivity index (χ1n) is 9.97. The number of amides is 1. The molecule has 1 aromatic rings. The first-order valence-corrected chi connectivity index (χ1v) is 10.4. The maximum atomic E-state index is 11.6. The van der Waals surface area contributed by atoms with Crippen molar-refractivity contribution in [2.45, 2.75) is 52.1 Å². The van der Waals surface area contributed by atoms with Gasteiger partial charge in [-0.05, 0) is 40.2 Å². The van der Waals surface area contributed by atoms with Gasteiger partial charge in [-0.15, -0.1) is 10.2 Å². The molecule has 0 spiro atoms. The fourth-order valence-corrected chi connectivity index (χ4v) is 3.29. The molecular formula is C19H33ClN6O2. The highest BCUT2D eigenvalue weighted by Crippen LogP contribution is 2.24. The van der Waals surface area contributed by atoms with E-state index in [2.05, 4.69) is 25.3 Å². The van der Waals surface area contributed by atoms with Gasteiger partial charge in [0.2, 0.25) is 0 Å². The summed E-state index contributed by atoms with van der Waals surface area (Å²) in [5, 5.41) is 10.8. The Bertz CT molecular complexity index is 629. The Hall–Kier alpha value is -1.80. The molecule has 1 aliphatic heterocycles. The zero-order valence-corrected chi connectivity index (χ0v) is 18.0. The summed E-state index contributed by atoms with van der Waals surface area (Å²) in [7, 11) is 0. The number of carbonyl (C=O) groups is 1. The van der Waals surface area contributed by atoms with E-state index < -0.39 is 5.60 Å². The number of hydrogen-bond acceptors (Lipinski definition) is 7. The molecule has 0 radical (unpaired) electrons. The van der Waals surface area contributed by atoms with Gasteiger partial charge in [0.25, 0.3) is 0 Å². The predicted molar refractivity (Wildman–Crippen MR) is 113 cm³/mol. The van der Waals surface area contributed by atoms with Crippen LogP contribution in [0.5, 0.6) is 0 Å². The average molecular weight is 413 g/mol. The molecule has 2 heterocycles. The second-order valence-corrected chi connectivity index (χ2v) is 8.50. The third kappa shape index (κ3) is 8.06. The molecule has 1 amide bonds. The van der Waals surface area contributed by atoms with Crippen molar-refractivity contribution in [1.29, 1.82) is 0 Å². The Labute approximate surface area is 172 Å². The summed E-state index contributed by atoms with van der Waals surface area (Å²) in [4.78, 5) is 16.2. The highest BCUT2D eigenvalue weighted by molar-refractivity contribution is 6.29. The largest absolute Gasteiger partial charge is 0.444 e. The molecular weight excluding hydrogens is 380 g/mol. The second-order valence-electron chi connectivity index (χ2n) is 8.11. The van der Waals surface area contributed by atoms with E-state index in [0.717, 1.165) is 64.1 Å². The molecule has 28 heavy (non-hydrogen) atoms. The van der Waals surface area contributed by atoms with Gasteiger partial charge >= 0.3 is 6.09 Å². The van der Waals surface area contributed by atoms with E-state index in [-0.39, 0.29) is 6.09 Å². The number of nitrogens with two attached hydrogens (primary N) is 1. The van der Waals surface area contributed by atoms with Crippen LogP contribution in [0.2, 0.25) is 5.15 Å². The quantitative estimate of drug-likeness (QED) is 0.633. The summed E-state index contributed by atoms with van der Waals surface area (Å²) in [6.07, 6.45) is 4.07. The van der Waals surface area contributed by atoms with Crippen molar-refractivity contribution in [3.63, 3.8) is 0 Å². The number of nitrogens with zero attached hydrogens (tertiary/aromatic N) is 4. The van der Waals surface area contributed by atoms with Crippen molar-refractivity contribution in [1.82, 2.24) is 20.4 Å². The molecule has 1 saturated heterocycles. The monoisotopic (exact) mass is 412 g/mol. The lowest BCUT2D eigenvalue weighted by Crippen LogP contribution is -2.46. The summed E-state index contributed by atoms with van der Waals surface area (Å²) in [5.74, 6) is 0.429. The van der Waals surface area contributed by atoms with E-state index in [9.17, 15) is 4.79 Å². The molecule has 8 nitrogen and oxygen atoms in total. The third-order valence-corrected chi connectivity index (χ3v) is 4.74.